The van der Waals surface area contributed by atoms with Gasteiger partial charge in [-0.15, -0.1) is 0 Å². The summed E-state index contributed by atoms with van der Waals surface area (Å²) in [5.74, 6) is 0.290. The molecule has 2 aliphatic rings. The third-order valence-electron chi connectivity index (χ3n) is 5.84. The third kappa shape index (κ3) is 3.98. The second-order valence-corrected chi connectivity index (χ2v) is 7.74. The average molecular weight is 329 g/mol. The highest BCUT2D eigenvalue weighted by molar-refractivity contribution is 5.78. The number of likely N-dealkylation sites (N-methyl/N-ethyl adjacent to an activating group) is 1. The second-order valence-electron chi connectivity index (χ2n) is 7.74. The highest BCUT2D eigenvalue weighted by atomic mass is 16.2. The number of hydrogen-bond acceptors (Lipinski definition) is 3. The van der Waals surface area contributed by atoms with Crippen LogP contribution < -0.4 is 5.32 Å². The molecule has 4 nitrogen and oxygen atoms in total. The molecular weight excluding hydrogens is 298 g/mol. The number of amides is 1. The Bertz CT molecular complexity index is 541. The molecule has 0 aliphatic carbocycles. The van der Waals surface area contributed by atoms with Crippen LogP contribution in [0.25, 0.3) is 0 Å². The molecule has 2 heterocycles. The number of carbonyl (C=O) groups is 1. The number of likely N-dealkylation sites (tertiary alicyclic amines) is 1. The third-order valence-corrected chi connectivity index (χ3v) is 5.84. The molecule has 4 heteroatoms. The number of benzene rings is 1. The van der Waals surface area contributed by atoms with Crippen molar-refractivity contribution >= 4 is 5.91 Å². The number of nitrogens with one attached hydrogen (secondary N) is 1. The lowest BCUT2D eigenvalue weighted by Gasteiger charge is -2.42. The van der Waals surface area contributed by atoms with Crippen molar-refractivity contribution < 1.29 is 4.79 Å². The van der Waals surface area contributed by atoms with E-state index in [0.717, 1.165) is 51.9 Å². The molecule has 0 radical (unpaired) electrons. The molecule has 2 saturated heterocycles. The van der Waals surface area contributed by atoms with Crippen molar-refractivity contribution in [2.75, 3.05) is 39.8 Å². The zero-order valence-corrected chi connectivity index (χ0v) is 15.1. The molecule has 0 saturated carbocycles. The zero-order valence-electron chi connectivity index (χ0n) is 15.1. The molecule has 1 amide bonds. The molecule has 0 aromatic heterocycles. The van der Waals surface area contributed by atoms with Gasteiger partial charge in [0.2, 0.25) is 5.91 Å². The summed E-state index contributed by atoms with van der Waals surface area (Å²) in [6, 6.07) is 11.2. The van der Waals surface area contributed by atoms with E-state index in [2.05, 4.69) is 59.4 Å². The van der Waals surface area contributed by atoms with Crippen molar-refractivity contribution in [3.8, 4) is 0 Å². The molecule has 0 unspecified atom stereocenters. The van der Waals surface area contributed by atoms with E-state index >= 15 is 0 Å². The van der Waals surface area contributed by atoms with Crippen LogP contribution >= 0.6 is 0 Å². The van der Waals surface area contributed by atoms with E-state index in [-0.39, 0.29) is 11.3 Å². The summed E-state index contributed by atoms with van der Waals surface area (Å²) < 4.78 is 0. The lowest BCUT2D eigenvalue weighted by molar-refractivity contribution is -0.134. The van der Waals surface area contributed by atoms with Crippen LogP contribution in [0.15, 0.2) is 30.3 Å². The Balaban J connectivity index is 1.60. The minimum Gasteiger partial charge on any atom is -0.341 e. The van der Waals surface area contributed by atoms with Gasteiger partial charge >= 0.3 is 0 Å². The zero-order chi connectivity index (χ0) is 17.0. The highest BCUT2D eigenvalue weighted by Crippen LogP contribution is 2.33. The van der Waals surface area contributed by atoms with Crippen LogP contribution in [0.1, 0.15) is 38.2 Å². The van der Waals surface area contributed by atoms with Crippen molar-refractivity contribution in [1.82, 2.24) is 15.1 Å². The summed E-state index contributed by atoms with van der Waals surface area (Å²) >= 11 is 0. The Morgan fingerprint density at radius 2 is 2.00 bits per heavy atom. The smallest absolute Gasteiger partial charge is 0.236 e. The fourth-order valence-corrected chi connectivity index (χ4v) is 4.22. The number of piperidine rings is 2. The van der Waals surface area contributed by atoms with Gasteiger partial charge in [0.05, 0.1) is 6.54 Å². The summed E-state index contributed by atoms with van der Waals surface area (Å²) in [6.45, 7) is 6.74. The van der Waals surface area contributed by atoms with E-state index in [1.807, 2.05) is 0 Å². The van der Waals surface area contributed by atoms with Crippen LogP contribution in [0.5, 0.6) is 0 Å². The van der Waals surface area contributed by atoms with Gasteiger partial charge in [0.25, 0.3) is 0 Å². The molecule has 0 spiro atoms. The van der Waals surface area contributed by atoms with Gasteiger partial charge in [0.1, 0.15) is 0 Å². The van der Waals surface area contributed by atoms with Crippen LogP contribution in [0.2, 0.25) is 0 Å². The topological polar surface area (TPSA) is 35.6 Å². The first-order valence-corrected chi connectivity index (χ1v) is 9.33. The molecule has 24 heavy (non-hydrogen) atoms. The SMILES string of the molecule is CN(CC(=O)N1CCC[C@@](C)(c2ccccc2)C1)C1CCNCC1. The van der Waals surface area contributed by atoms with E-state index in [4.69, 9.17) is 0 Å². The Labute approximate surface area is 146 Å². The van der Waals surface area contributed by atoms with E-state index in [1.165, 1.54) is 5.56 Å². The van der Waals surface area contributed by atoms with Gasteiger partial charge in [-0.3, -0.25) is 9.69 Å². The highest BCUT2D eigenvalue weighted by Gasteiger charge is 2.35. The van der Waals surface area contributed by atoms with Crippen LogP contribution in [-0.2, 0) is 10.2 Å². The van der Waals surface area contributed by atoms with E-state index < -0.39 is 0 Å². The quantitative estimate of drug-likeness (QED) is 0.920. The van der Waals surface area contributed by atoms with Crippen molar-refractivity contribution in [3.05, 3.63) is 35.9 Å². The lowest BCUT2D eigenvalue weighted by atomic mass is 9.76. The van der Waals surface area contributed by atoms with Crippen molar-refractivity contribution in [2.24, 2.45) is 0 Å². The predicted octanol–water partition coefficient (Wildman–Crippen LogP) is 2.25. The molecule has 1 N–H and O–H groups in total. The maximum Gasteiger partial charge on any atom is 0.236 e. The van der Waals surface area contributed by atoms with Gasteiger partial charge in [-0.1, -0.05) is 37.3 Å². The van der Waals surface area contributed by atoms with Gasteiger partial charge < -0.3 is 10.2 Å². The molecule has 1 aromatic carbocycles. The molecule has 1 aromatic rings. The Kier molecular flexibility index (Phi) is 5.57. The summed E-state index contributed by atoms with van der Waals surface area (Å²) in [7, 11) is 2.11. The first-order chi connectivity index (χ1) is 11.6. The molecule has 1 atom stereocenters. The molecular formula is C20H31N3O. The minimum atomic E-state index is 0.0858. The maximum absolute atomic E-state index is 12.8. The summed E-state index contributed by atoms with van der Waals surface area (Å²) in [4.78, 5) is 17.2. The van der Waals surface area contributed by atoms with Crippen LogP contribution in [0.4, 0.5) is 0 Å². The van der Waals surface area contributed by atoms with Gasteiger partial charge in [-0.2, -0.15) is 0 Å². The average Bonchev–Trinajstić information content (AvgIpc) is 2.63. The summed E-state index contributed by atoms with van der Waals surface area (Å²) in [5.41, 5.74) is 1.44. The number of carbonyl (C=O) groups excluding carboxylic acids is 1. The Morgan fingerprint density at radius 3 is 2.71 bits per heavy atom. The Morgan fingerprint density at radius 1 is 1.29 bits per heavy atom. The van der Waals surface area contributed by atoms with Crippen molar-refractivity contribution in [1.29, 1.82) is 0 Å². The standard InChI is InChI=1S/C20H31N3O/c1-20(17-7-4-3-5-8-17)11-6-14-23(16-20)19(24)15-22(2)18-9-12-21-13-10-18/h3-5,7-8,18,21H,6,9-16H2,1-2H3/t20-/m1/s1. The number of rotatable bonds is 4. The van der Waals surface area contributed by atoms with E-state index in [1.54, 1.807) is 0 Å². The number of nitrogens with zero attached hydrogens (tertiary/aromatic N) is 2. The van der Waals surface area contributed by atoms with Gasteiger partial charge in [0, 0.05) is 24.5 Å². The van der Waals surface area contributed by atoms with E-state index in [9.17, 15) is 4.79 Å². The van der Waals surface area contributed by atoms with Crippen LogP contribution in [-0.4, -0.2) is 61.5 Å². The first kappa shape index (κ1) is 17.4. The van der Waals surface area contributed by atoms with Gasteiger partial charge in [-0.05, 0) is 51.4 Å². The molecule has 3 rings (SSSR count). The van der Waals surface area contributed by atoms with E-state index in [0.29, 0.717) is 12.6 Å². The van der Waals surface area contributed by atoms with Gasteiger partial charge in [0.15, 0.2) is 0 Å². The molecule has 0 bridgehead atoms. The summed E-state index contributed by atoms with van der Waals surface area (Å²) in [6.07, 6.45) is 4.54. The van der Waals surface area contributed by atoms with Crippen molar-refractivity contribution in [2.45, 2.75) is 44.1 Å². The molecule has 2 fully saturated rings. The van der Waals surface area contributed by atoms with Crippen molar-refractivity contribution in [3.63, 3.8) is 0 Å². The monoisotopic (exact) mass is 329 g/mol. The normalized spacial score (nSPS) is 25.9. The minimum absolute atomic E-state index is 0.0858. The first-order valence-electron chi connectivity index (χ1n) is 9.33. The molecule has 132 valence electrons. The fraction of sp³-hybridized carbons (Fsp3) is 0.650. The largest absolute Gasteiger partial charge is 0.341 e. The fourth-order valence-electron chi connectivity index (χ4n) is 4.22. The maximum atomic E-state index is 12.8. The predicted molar refractivity (Wildman–Crippen MR) is 98.1 cm³/mol. The Hall–Kier alpha value is -1.39. The summed E-state index contributed by atoms with van der Waals surface area (Å²) in [5, 5.41) is 3.39. The lowest BCUT2D eigenvalue weighted by Crippen LogP contribution is -2.51. The molecule has 2 aliphatic heterocycles. The van der Waals surface area contributed by atoms with Crippen LogP contribution in [0.3, 0.4) is 0 Å². The van der Waals surface area contributed by atoms with Gasteiger partial charge in [-0.25, -0.2) is 0 Å². The van der Waals surface area contributed by atoms with Crippen LogP contribution in [0, 0.1) is 0 Å². The second kappa shape index (κ2) is 7.66. The number of hydrogen-bond donors (Lipinski definition) is 1.